The van der Waals surface area contributed by atoms with Crippen molar-refractivity contribution in [3.05, 3.63) is 65.5 Å². The van der Waals surface area contributed by atoms with Gasteiger partial charge < -0.3 is 4.90 Å². The number of rotatable bonds is 4. The van der Waals surface area contributed by atoms with Gasteiger partial charge in [0.25, 0.3) is 0 Å². The number of anilines is 1. The van der Waals surface area contributed by atoms with Crippen molar-refractivity contribution in [1.82, 2.24) is 4.90 Å². The third-order valence-electron chi connectivity index (χ3n) is 4.80. The number of benzene rings is 2. The van der Waals surface area contributed by atoms with E-state index in [0.29, 0.717) is 12.2 Å². The molecule has 3 rings (SSSR count). The van der Waals surface area contributed by atoms with Crippen molar-refractivity contribution in [3.63, 3.8) is 0 Å². The first-order chi connectivity index (χ1) is 11.6. The molecular formula is C20H23FN2O. The molecule has 24 heavy (non-hydrogen) atoms. The molecule has 0 unspecified atom stereocenters. The van der Waals surface area contributed by atoms with Crippen molar-refractivity contribution in [3.8, 4) is 0 Å². The molecule has 0 saturated heterocycles. The summed E-state index contributed by atoms with van der Waals surface area (Å²) in [5.74, 6) is -0.356. The van der Waals surface area contributed by atoms with Crippen LogP contribution in [0.15, 0.2) is 48.5 Å². The van der Waals surface area contributed by atoms with Crippen LogP contribution in [0.3, 0.4) is 0 Å². The number of halogens is 1. The van der Waals surface area contributed by atoms with Gasteiger partial charge in [-0.25, -0.2) is 4.39 Å². The molecule has 126 valence electrons. The number of fused-ring (bicyclic) bond motifs is 1. The van der Waals surface area contributed by atoms with Gasteiger partial charge in [-0.05, 0) is 44.0 Å². The van der Waals surface area contributed by atoms with Gasteiger partial charge in [0.15, 0.2) is 0 Å². The number of nitrogens with zero attached hydrogens (tertiary/aromatic N) is 2. The maximum atomic E-state index is 14.2. The molecule has 0 fully saturated rings. The minimum absolute atomic E-state index is 0.0497. The van der Waals surface area contributed by atoms with E-state index >= 15 is 0 Å². The second kappa shape index (κ2) is 7.14. The van der Waals surface area contributed by atoms with Gasteiger partial charge >= 0.3 is 0 Å². The van der Waals surface area contributed by atoms with E-state index in [0.717, 1.165) is 24.0 Å². The highest BCUT2D eigenvalue weighted by Crippen LogP contribution is 2.30. The summed E-state index contributed by atoms with van der Waals surface area (Å²) < 4.78 is 14.2. The van der Waals surface area contributed by atoms with Crippen molar-refractivity contribution in [1.29, 1.82) is 0 Å². The Kier molecular flexibility index (Phi) is 4.95. The Labute approximate surface area is 142 Å². The molecule has 0 spiro atoms. The SMILES string of the molecule is C[C@H](c1ccccc1)N(C)CC(=O)N1CCCc2cccc(F)c21. The molecule has 1 amide bonds. The minimum Gasteiger partial charge on any atom is -0.308 e. The Morgan fingerprint density at radius 2 is 1.96 bits per heavy atom. The first kappa shape index (κ1) is 16.7. The van der Waals surface area contributed by atoms with Crippen LogP contribution in [0.5, 0.6) is 0 Å². The Bertz CT molecular complexity index is 717. The van der Waals surface area contributed by atoms with Gasteiger partial charge in [0, 0.05) is 12.6 Å². The molecule has 0 aliphatic carbocycles. The molecule has 0 radical (unpaired) electrons. The first-order valence-corrected chi connectivity index (χ1v) is 8.41. The van der Waals surface area contributed by atoms with Crippen LogP contribution in [0.4, 0.5) is 10.1 Å². The average Bonchev–Trinajstić information content (AvgIpc) is 2.61. The molecule has 0 aromatic heterocycles. The van der Waals surface area contributed by atoms with Crippen LogP contribution in [0.25, 0.3) is 0 Å². The van der Waals surface area contributed by atoms with E-state index < -0.39 is 0 Å². The Morgan fingerprint density at radius 1 is 1.21 bits per heavy atom. The van der Waals surface area contributed by atoms with E-state index in [1.165, 1.54) is 6.07 Å². The number of likely N-dealkylation sites (N-methyl/N-ethyl adjacent to an activating group) is 1. The summed E-state index contributed by atoms with van der Waals surface area (Å²) in [6.45, 7) is 2.93. The Hall–Kier alpha value is -2.20. The molecule has 4 heteroatoms. The van der Waals surface area contributed by atoms with Gasteiger partial charge in [-0.2, -0.15) is 0 Å². The van der Waals surface area contributed by atoms with E-state index in [4.69, 9.17) is 0 Å². The Morgan fingerprint density at radius 3 is 2.71 bits per heavy atom. The molecule has 1 aliphatic heterocycles. The lowest BCUT2D eigenvalue weighted by molar-refractivity contribution is -0.120. The monoisotopic (exact) mass is 326 g/mol. The number of hydrogen-bond donors (Lipinski definition) is 0. The van der Waals surface area contributed by atoms with Crippen molar-refractivity contribution in [2.45, 2.75) is 25.8 Å². The average molecular weight is 326 g/mol. The highest BCUT2D eigenvalue weighted by molar-refractivity contribution is 5.96. The first-order valence-electron chi connectivity index (χ1n) is 8.41. The fourth-order valence-electron chi connectivity index (χ4n) is 3.27. The zero-order valence-corrected chi connectivity index (χ0v) is 14.2. The highest BCUT2D eigenvalue weighted by atomic mass is 19.1. The van der Waals surface area contributed by atoms with Crippen molar-refractivity contribution >= 4 is 11.6 Å². The van der Waals surface area contributed by atoms with Crippen LogP contribution in [0.2, 0.25) is 0 Å². The van der Waals surface area contributed by atoms with Crippen molar-refractivity contribution in [2.75, 3.05) is 25.0 Å². The lowest BCUT2D eigenvalue weighted by Crippen LogP contribution is -2.42. The second-order valence-corrected chi connectivity index (χ2v) is 6.40. The van der Waals surface area contributed by atoms with Gasteiger partial charge in [0.2, 0.25) is 5.91 Å². The molecule has 3 nitrogen and oxygen atoms in total. The summed E-state index contributed by atoms with van der Waals surface area (Å²) in [5.41, 5.74) is 2.56. The fraction of sp³-hybridized carbons (Fsp3) is 0.350. The number of para-hydroxylation sites is 1. The molecule has 2 aromatic carbocycles. The maximum Gasteiger partial charge on any atom is 0.241 e. The van der Waals surface area contributed by atoms with Crippen molar-refractivity contribution in [2.24, 2.45) is 0 Å². The number of carbonyl (C=O) groups excluding carboxylic acids is 1. The standard InChI is InChI=1S/C20H23FN2O/c1-15(16-8-4-3-5-9-16)22(2)14-19(24)23-13-7-11-17-10-6-12-18(21)20(17)23/h3-6,8-10,12,15H,7,11,13-14H2,1-2H3/t15-/m1/s1. The van der Waals surface area contributed by atoms with Gasteiger partial charge in [-0.1, -0.05) is 42.5 Å². The largest absolute Gasteiger partial charge is 0.308 e. The quantitative estimate of drug-likeness (QED) is 0.853. The van der Waals surface area contributed by atoms with Crippen LogP contribution >= 0.6 is 0 Å². The molecule has 0 saturated carbocycles. The van der Waals surface area contributed by atoms with Crippen LogP contribution < -0.4 is 4.90 Å². The predicted octanol–water partition coefficient (Wildman–Crippen LogP) is 3.80. The summed E-state index contributed by atoms with van der Waals surface area (Å²) >= 11 is 0. The van der Waals surface area contributed by atoms with E-state index in [9.17, 15) is 9.18 Å². The predicted molar refractivity (Wildman–Crippen MR) is 94.6 cm³/mol. The molecule has 2 aromatic rings. The molecule has 1 heterocycles. The summed E-state index contributed by atoms with van der Waals surface area (Å²) in [6.07, 6.45) is 1.70. The summed E-state index contributed by atoms with van der Waals surface area (Å²) in [7, 11) is 1.93. The van der Waals surface area contributed by atoms with Crippen molar-refractivity contribution < 1.29 is 9.18 Å². The van der Waals surface area contributed by atoms with Crippen LogP contribution in [-0.4, -0.2) is 30.9 Å². The van der Waals surface area contributed by atoms with E-state index in [1.807, 2.05) is 36.2 Å². The van der Waals surface area contributed by atoms with Crippen LogP contribution in [0.1, 0.15) is 30.5 Å². The Balaban J connectivity index is 1.74. The van der Waals surface area contributed by atoms with E-state index in [1.54, 1.807) is 11.0 Å². The summed E-state index contributed by atoms with van der Waals surface area (Å²) in [6, 6.07) is 15.3. The van der Waals surface area contributed by atoms with Crippen LogP contribution in [-0.2, 0) is 11.2 Å². The maximum absolute atomic E-state index is 14.2. The highest BCUT2D eigenvalue weighted by Gasteiger charge is 2.27. The number of carbonyl (C=O) groups is 1. The van der Waals surface area contributed by atoms with Gasteiger partial charge in [-0.3, -0.25) is 9.69 Å². The lowest BCUT2D eigenvalue weighted by Gasteiger charge is -2.32. The third kappa shape index (κ3) is 3.34. The number of hydrogen-bond acceptors (Lipinski definition) is 2. The fourth-order valence-corrected chi connectivity index (χ4v) is 3.27. The topological polar surface area (TPSA) is 23.6 Å². The molecular weight excluding hydrogens is 303 g/mol. The number of aryl methyl sites for hydroxylation is 1. The van der Waals surface area contributed by atoms with E-state index in [-0.39, 0.29) is 24.3 Å². The smallest absolute Gasteiger partial charge is 0.241 e. The molecule has 0 N–H and O–H groups in total. The molecule has 1 aliphatic rings. The van der Waals surface area contributed by atoms with E-state index in [2.05, 4.69) is 19.1 Å². The lowest BCUT2D eigenvalue weighted by atomic mass is 10.0. The zero-order valence-electron chi connectivity index (χ0n) is 14.2. The van der Waals surface area contributed by atoms with Crippen LogP contribution in [0, 0.1) is 5.82 Å². The summed E-state index contributed by atoms with van der Waals surface area (Å²) in [4.78, 5) is 16.4. The molecule has 1 atom stereocenters. The number of amides is 1. The second-order valence-electron chi connectivity index (χ2n) is 6.40. The van der Waals surface area contributed by atoms with Gasteiger partial charge in [0.05, 0.1) is 12.2 Å². The zero-order chi connectivity index (χ0) is 17.1. The molecule has 0 bridgehead atoms. The van der Waals surface area contributed by atoms with Gasteiger partial charge in [0.1, 0.15) is 5.82 Å². The summed E-state index contributed by atoms with van der Waals surface area (Å²) in [5, 5.41) is 0. The third-order valence-corrected chi connectivity index (χ3v) is 4.80. The normalized spacial score (nSPS) is 15.2. The minimum atomic E-state index is -0.306. The van der Waals surface area contributed by atoms with Gasteiger partial charge in [-0.15, -0.1) is 0 Å².